The Bertz CT molecular complexity index is 834. The Balaban J connectivity index is 1.97. The van der Waals surface area contributed by atoms with Gasteiger partial charge in [-0.3, -0.25) is 0 Å². The summed E-state index contributed by atoms with van der Waals surface area (Å²) in [7, 11) is 0. The first-order valence-corrected chi connectivity index (χ1v) is 9.56. The fraction of sp³-hybridized carbons (Fsp3) is 0. The SMILES string of the molecule is c1ccc(-c2c[se]c(-c3ccccc3)c2-c2ccccc2)cc1. The van der Waals surface area contributed by atoms with E-state index in [1.165, 1.54) is 32.3 Å². The van der Waals surface area contributed by atoms with E-state index in [0.29, 0.717) is 14.5 Å². The quantitative estimate of drug-likeness (QED) is 0.409. The molecule has 4 aromatic rings. The van der Waals surface area contributed by atoms with Crippen LogP contribution >= 0.6 is 0 Å². The molecule has 0 unspecified atom stereocenters. The summed E-state index contributed by atoms with van der Waals surface area (Å²) in [6.07, 6.45) is 0. The molecular weight excluding hydrogens is 343 g/mol. The van der Waals surface area contributed by atoms with E-state index < -0.39 is 0 Å². The average molecular weight is 359 g/mol. The van der Waals surface area contributed by atoms with E-state index in [1.807, 2.05) is 0 Å². The van der Waals surface area contributed by atoms with Crippen LogP contribution in [0.25, 0.3) is 32.3 Å². The van der Waals surface area contributed by atoms with Crippen molar-refractivity contribution in [2.75, 3.05) is 0 Å². The third-order valence-electron chi connectivity index (χ3n) is 3.97. The van der Waals surface area contributed by atoms with Crippen LogP contribution in [0.4, 0.5) is 0 Å². The van der Waals surface area contributed by atoms with Crippen molar-refractivity contribution in [1.29, 1.82) is 0 Å². The van der Waals surface area contributed by atoms with E-state index in [-0.39, 0.29) is 0 Å². The first-order valence-electron chi connectivity index (χ1n) is 7.71. The van der Waals surface area contributed by atoms with Crippen LogP contribution < -0.4 is 0 Å². The molecule has 0 amide bonds. The third-order valence-corrected chi connectivity index (χ3v) is 6.13. The number of hydrogen-bond donors (Lipinski definition) is 0. The second-order valence-corrected chi connectivity index (χ2v) is 7.30. The molecule has 3 aromatic carbocycles. The zero-order valence-corrected chi connectivity index (χ0v) is 14.4. The van der Waals surface area contributed by atoms with Crippen molar-refractivity contribution in [1.82, 2.24) is 0 Å². The average Bonchev–Trinajstić information content (AvgIpc) is 3.09. The molecule has 0 saturated heterocycles. The Morgan fingerprint density at radius 2 is 0.957 bits per heavy atom. The first kappa shape index (κ1) is 14.3. The van der Waals surface area contributed by atoms with Crippen molar-refractivity contribution < 1.29 is 0 Å². The summed E-state index contributed by atoms with van der Waals surface area (Å²) < 4.78 is 1.48. The van der Waals surface area contributed by atoms with Crippen molar-refractivity contribution in [3.63, 3.8) is 0 Å². The molecule has 1 heterocycles. The molecule has 0 N–H and O–H groups in total. The molecule has 0 nitrogen and oxygen atoms in total. The van der Waals surface area contributed by atoms with Gasteiger partial charge in [0.25, 0.3) is 0 Å². The predicted octanol–water partition coefficient (Wildman–Crippen LogP) is 5.74. The summed E-state index contributed by atoms with van der Waals surface area (Å²) in [5.41, 5.74) is 6.71. The van der Waals surface area contributed by atoms with E-state index in [0.717, 1.165) is 0 Å². The van der Waals surface area contributed by atoms with Crippen molar-refractivity contribution >= 4 is 14.5 Å². The van der Waals surface area contributed by atoms with Gasteiger partial charge in [-0.2, -0.15) is 0 Å². The van der Waals surface area contributed by atoms with Crippen LogP contribution in [0.2, 0.25) is 0 Å². The summed E-state index contributed by atoms with van der Waals surface area (Å²) in [5, 5.41) is 0. The van der Waals surface area contributed by atoms with Crippen molar-refractivity contribution in [2.24, 2.45) is 0 Å². The molecule has 0 atom stereocenters. The van der Waals surface area contributed by atoms with E-state index >= 15 is 0 Å². The second kappa shape index (κ2) is 6.42. The van der Waals surface area contributed by atoms with Gasteiger partial charge in [-0.1, -0.05) is 0 Å². The maximum absolute atomic E-state index is 2.42. The van der Waals surface area contributed by atoms with Crippen molar-refractivity contribution in [2.45, 2.75) is 0 Å². The summed E-state index contributed by atoms with van der Waals surface area (Å²) in [5.74, 6) is 0. The van der Waals surface area contributed by atoms with Crippen molar-refractivity contribution in [3.8, 4) is 32.3 Å². The van der Waals surface area contributed by atoms with E-state index in [2.05, 4.69) is 95.9 Å². The van der Waals surface area contributed by atoms with Gasteiger partial charge in [0, 0.05) is 0 Å². The molecule has 1 heteroatoms. The molecular formula is C22H16Se. The van der Waals surface area contributed by atoms with Gasteiger partial charge in [0.05, 0.1) is 0 Å². The molecule has 0 aliphatic rings. The van der Waals surface area contributed by atoms with Gasteiger partial charge in [0.2, 0.25) is 0 Å². The number of rotatable bonds is 3. The fourth-order valence-corrected chi connectivity index (χ4v) is 5.20. The molecule has 0 radical (unpaired) electrons. The zero-order chi connectivity index (χ0) is 15.5. The second-order valence-electron chi connectivity index (χ2n) is 5.45. The van der Waals surface area contributed by atoms with Gasteiger partial charge in [-0.25, -0.2) is 0 Å². The molecule has 110 valence electrons. The summed E-state index contributed by atoms with van der Waals surface area (Å²) in [4.78, 5) is 2.42. The normalized spacial score (nSPS) is 10.6. The van der Waals surface area contributed by atoms with Gasteiger partial charge in [0.15, 0.2) is 0 Å². The molecule has 0 spiro atoms. The summed E-state index contributed by atoms with van der Waals surface area (Å²) in [6.45, 7) is 0. The molecule has 4 rings (SSSR count). The van der Waals surface area contributed by atoms with Gasteiger partial charge < -0.3 is 0 Å². The van der Waals surface area contributed by atoms with Crippen LogP contribution in [-0.4, -0.2) is 14.5 Å². The molecule has 0 aliphatic heterocycles. The Kier molecular flexibility index (Phi) is 3.98. The van der Waals surface area contributed by atoms with E-state index in [9.17, 15) is 0 Å². The fourth-order valence-electron chi connectivity index (χ4n) is 2.88. The summed E-state index contributed by atoms with van der Waals surface area (Å²) >= 11 is 0.359. The summed E-state index contributed by atoms with van der Waals surface area (Å²) in [6, 6.07) is 32.3. The minimum absolute atomic E-state index is 0.359. The first-order chi connectivity index (χ1) is 11.4. The Morgan fingerprint density at radius 1 is 0.478 bits per heavy atom. The van der Waals surface area contributed by atoms with Gasteiger partial charge in [0.1, 0.15) is 0 Å². The van der Waals surface area contributed by atoms with Crippen LogP contribution in [0, 0.1) is 0 Å². The zero-order valence-electron chi connectivity index (χ0n) is 12.6. The van der Waals surface area contributed by atoms with Crippen LogP contribution in [-0.2, 0) is 0 Å². The molecule has 0 bridgehead atoms. The van der Waals surface area contributed by atoms with Crippen LogP contribution in [0.3, 0.4) is 0 Å². The molecule has 23 heavy (non-hydrogen) atoms. The standard InChI is InChI=1S/C22H16Se/c1-4-10-17(11-5-1)20-16-23-22(19-14-8-3-9-15-19)21(20)18-12-6-2-7-13-18/h1-16H. The van der Waals surface area contributed by atoms with Gasteiger partial charge >= 0.3 is 143 Å². The third kappa shape index (κ3) is 2.82. The monoisotopic (exact) mass is 360 g/mol. The van der Waals surface area contributed by atoms with Gasteiger partial charge in [-0.15, -0.1) is 0 Å². The maximum atomic E-state index is 2.42. The number of hydrogen-bond acceptors (Lipinski definition) is 0. The van der Waals surface area contributed by atoms with E-state index in [1.54, 1.807) is 0 Å². The molecule has 0 aliphatic carbocycles. The number of benzene rings is 3. The Morgan fingerprint density at radius 3 is 1.52 bits per heavy atom. The minimum atomic E-state index is 0.359. The molecule has 0 fully saturated rings. The Labute approximate surface area is 142 Å². The van der Waals surface area contributed by atoms with Crippen LogP contribution in [0.15, 0.2) is 95.9 Å². The Hall–Kier alpha value is -2.34. The predicted molar refractivity (Wildman–Crippen MR) is 99.7 cm³/mol. The van der Waals surface area contributed by atoms with E-state index in [4.69, 9.17) is 0 Å². The van der Waals surface area contributed by atoms with Crippen LogP contribution in [0.5, 0.6) is 0 Å². The van der Waals surface area contributed by atoms with Crippen molar-refractivity contribution in [3.05, 3.63) is 95.9 Å². The molecule has 0 saturated carbocycles. The molecule has 1 aromatic heterocycles. The van der Waals surface area contributed by atoms with Crippen LogP contribution in [0.1, 0.15) is 0 Å². The van der Waals surface area contributed by atoms with Gasteiger partial charge in [-0.05, 0) is 0 Å². The topological polar surface area (TPSA) is 0 Å².